The zero-order valence-corrected chi connectivity index (χ0v) is 18.4. The maximum atomic E-state index is 14.5. The van der Waals surface area contributed by atoms with Crippen molar-refractivity contribution in [2.24, 2.45) is 0 Å². The Morgan fingerprint density at radius 2 is 1.97 bits per heavy atom. The molecule has 0 aliphatic carbocycles. The highest BCUT2D eigenvalue weighted by molar-refractivity contribution is 6.00. The number of aromatic carboxylic acids is 1. The van der Waals surface area contributed by atoms with E-state index < -0.39 is 71.1 Å². The molecule has 0 bridgehead atoms. The number of pyridine rings is 2. The van der Waals surface area contributed by atoms with Gasteiger partial charge in [0.2, 0.25) is 5.82 Å². The summed E-state index contributed by atoms with van der Waals surface area (Å²) in [6.45, 7) is 0.331. The second-order valence-electron chi connectivity index (χ2n) is 8.42. The summed E-state index contributed by atoms with van der Waals surface area (Å²) in [5, 5.41) is 9.13. The van der Waals surface area contributed by atoms with Gasteiger partial charge in [-0.2, -0.15) is 17.6 Å². The van der Waals surface area contributed by atoms with Crippen LogP contribution in [0.4, 0.5) is 22.0 Å². The van der Waals surface area contributed by atoms with Crippen LogP contribution in [0.25, 0.3) is 10.9 Å². The number of benzene rings is 1. The Bertz CT molecular complexity index is 1370. The normalized spacial score (nSPS) is 22.8. The Morgan fingerprint density at radius 3 is 2.60 bits per heavy atom. The molecule has 3 heterocycles. The van der Waals surface area contributed by atoms with Crippen LogP contribution in [0.3, 0.4) is 0 Å². The zero-order valence-electron chi connectivity index (χ0n) is 18.4. The van der Waals surface area contributed by atoms with Crippen molar-refractivity contribution in [3.63, 3.8) is 0 Å². The van der Waals surface area contributed by atoms with Gasteiger partial charge in [-0.15, -0.1) is 0 Å². The molecule has 0 saturated carbocycles. The first-order chi connectivity index (χ1) is 16.4. The molecule has 2 aromatic heterocycles. The second-order valence-corrected chi connectivity index (χ2v) is 8.42. The third-order valence-corrected chi connectivity index (χ3v) is 6.33. The molecule has 1 aliphatic rings. The first-order valence-electron chi connectivity index (χ1n) is 10.4. The highest BCUT2D eigenvalue weighted by Gasteiger charge is 2.57. The van der Waals surface area contributed by atoms with E-state index in [0.717, 1.165) is 32.2 Å². The number of alkyl halides is 3. The number of nitrogens with zero attached hydrogens (tertiary/aromatic N) is 1. The van der Waals surface area contributed by atoms with Gasteiger partial charge in [-0.3, -0.25) is 4.79 Å². The first kappa shape index (κ1) is 24.6. The van der Waals surface area contributed by atoms with Crippen molar-refractivity contribution < 1.29 is 41.3 Å². The van der Waals surface area contributed by atoms with Crippen molar-refractivity contribution in [2.45, 2.75) is 37.0 Å². The lowest BCUT2D eigenvalue weighted by Gasteiger charge is -2.44. The van der Waals surface area contributed by atoms with Crippen molar-refractivity contribution in [3.05, 3.63) is 69.3 Å². The SMILES string of the molecule is COc1c([C@@H]2C[C@](C)(C(F)(F)F)OC[C@H]2c2cc(=O)c3c(C(=O)O)nccc3[nH]2)ccc(F)c1F. The molecule has 7 nitrogen and oxygen atoms in total. The van der Waals surface area contributed by atoms with Gasteiger partial charge < -0.3 is 19.6 Å². The molecule has 3 atom stereocenters. The van der Waals surface area contributed by atoms with Crippen molar-refractivity contribution in [1.82, 2.24) is 9.97 Å². The summed E-state index contributed by atoms with van der Waals surface area (Å²) in [5.74, 6) is -6.63. The summed E-state index contributed by atoms with van der Waals surface area (Å²) in [6, 6.07) is 4.34. The maximum absolute atomic E-state index is 14.5. The van der Waals surface area contributed by atoms with Crippen molar-refractivity contribution in [3.8, 4) is 5.75 Å². The largest absolute Gasteiger partial charge is 0.493 e. The molecule has 12 heteroatoms. The minimum Gasteiger partial charge on any atom is -0.493 e. The molecular formula is C23H19F5N2O5. The van der Waals surface area contributed by atoms with E-state index >= 15 is 0 Å². The Balaban J connectivity index is 1.91. The fourth-order valence-corrected chi connectivity index (χ4v) is 4.47. The number of aromatic amines is 1. The molecule has 0 spiro atoms. The second kappa shape index (κ2) is 8.59. The van der Waals surface area contributed by atoms with Crippen LogP contribution >= 0.6 is 0 Å². The Morgan fingerprint density at radius 1 is 1.26 bits per heavy atom. The summed E-state index contributed by atoms with van der Waals surface area (Å²) < 4.78 is 80.1. The van der Waals surface area contributed by atoms with Gasteiger partial charge in [-0.1, -0.05) is 6.07 Å². The van der Waals surface area contributed by atoms with Crippen molar-refractivity contribution >= 4 is 16.9 Å². The van der Waals surface area contributed by atoms with Crippen molar-refractivity contribution in [2.75, 3.05) is 13.7 Å². The number of ether oxygens (including phenoxy) is 2. The minimum atomic E-state index is -4.78. The molecule has 35 heavy (non-hydrogen) atoms. The number of fused-ring (bicyclic) bond motifs is 1. The minimum absolute atomic E-state index is 0.0305. The van der Waals surface area contributed by atoms with Crippen LogP contribution < -0.4 is 10.2 Å². The van der Waals surface area contributed by atoms with E-state index in [1.54, 1.807) is 0 Å². The van der Waals surface area contributed by atoms with Gasteiger partial charge in [0.25, 0.3) is 0 Å². The van der Waals surface area contributed by atoms with Gasteiger partial charge in [0.1, 0.15) is 0 Å². The van der Waals surface area contributed by atoms with Gasteiger partial charge in [0.05, 0.1) is 24.6 Å². The number of nitrogens with one attached hydrogen (secondary N) is 1. The fraction of sp³-hybridized carbons (Fsp3) is 0.348. The molecule has 2 N–H and O–H groups in total. The Hall–Kier alpha value is -3.54. The number of carboxylic acid groups (broad SMARTS) is 1. The molecule has 0 unspecified atom stereocenters. The topological polar surface area (TPSA) is 102 Å². The monoisotopic (exact) mass is 498 g/mol. The molecule has 1 fully saturated rings. The summed E-state index contributed by atoms with van der Waals surface area (Å²) >= 11 is 0. The molecule has 3 aromatic rings. The third-order valence-electron chi connectivity index (χ3n) is 6.33. The van der Waals surface area contributed by atoms with Crippen LogP contribution in [-0.2, 0) is 4.74 Å². The molecule has 186 valence electrons. The number of methoxy groups -OCH3 is 1. The van der Waals surface area contributed by atoms with Crippen molar-refractivity contribution in [1.29, 1.82) is 0 Å². The average Bonchev–Trinajstić information content (AvgIpc) is 2.79. The average molecular weight is 498 g/mol. The summed E-state index contributed by atoms with van der Waals surface area (Å²) in [6.07, 6.45) is -4.29. The number of carboxylic acids is 1. The number of rotatable bonds is 4. The summed E-state index contributed by atoms with van der Waals surface area (Å²) in [7, 11) is 1.07. The molecule has 0 amide bonds. The molecular weight excluding hydrogens is 479 g/mol. The van der Waals surface area contributed by atoms with Crippen LogP contribution in [0.2, 0.25) is 0 Å². The molecule has 4 rings (SSSR count). The van der Waals surface area contributed by atoms with Crippen LogP contribution in [-0.4, -0.2) is 46.5 Å². The number of hydrogen-bond acceptors (Lipinski definition) is 5. The predicted octanol–water partition coefficient (Wildman–Crippen LogP) is 4.52. The standard InChI is InChI=1S/C23H19F5N2O5/c1-22(23(26,27)28)8-11(10-3-4-13(24)18(25)20(10)34-2)12(9-35-22)15-7-16(31)17-14(30-15)5-6-29-19(17)21(32)33/h3-7,11-12H,8-9H2,1-2H3,(H,30,31)(H,32,33)/t11-,12+,22+/m0/s1. The van der Waals surface area contributed by atoms with Crippen LogP contribution in [0.1, 0.15) is 46.9 Å². The number of halogens is 5. The highest BCUT2D eigenvalue weighted by Crippen LogP contribution is 2.51. The lowest BCUT2D eigenvalue weighted by molar-refractivity contribution is -0.286. The summed E-state index contributed by atoms with van der Waals surface area (Å²) in [5.41, 5.74) is -3.62. The van der Waals surface area contributed by atoms with E-state index in [-0.39, 0.29) is 22.2 Å². The van der Waals surface area contributed by atoms with Crippen LogP contribution in [0.5, 0.6) is 5.75 Å². The van der Waals surface area contributed by atoms with Gasteiger partial charge in [0.15, 0.2) is 28.3 Å². The Kier molecular flexibility index (Phi) is 6.04. The lowest BCUT2D eigenvalue weighted by Crippen LogP contribution is -2.51. The van der Waals surface area contributed by atoms with Gasteiger partial charge in [-0.05, 0) is 25.5 Å². The van der Waals surface area contributed by atoms with Crippen LogP contribution in [0, 0.1) is 11.6 Å². The number of aromatic nitrogens is 2. The van der Waals surface area contributed by atoms with Gasteiger partial charge in [0, 0.05) is 35.4 Å². The van der Waals surface area contributed by atoms with E-state index in [1.165, 1.54) is 12.3 Å². The number of H-pyrrole nitrogens is 1. The smallest absolute Gasteiger partial charge is 0.417 e. The van der Waals surface area contributed by atoms with E-state index in [9.17, 15) is 36.6 Å². The predicted molar refractivity (Wildman–Crippen MR) is 113 cm³/mol. The van der Waals surface area contributed by atoms with E-state index in [1.807, 2.05) is 0 Å². The first-order valence-corrected chi connectivity index (χ1v) is 10.4. The van der Waals surface area contributed by atoms with Gasteiger partial charge in [-0.25, -0.2) is 14.2 Å². The zero-order chi connectivity index (χ0) is 25.7. The quantitative estimate of drug-likeness (QED) is 0.513. The number of carbonyl (C=O) groups is 1. The van der Waals surface area contributed by atoms with E-state index in [0.29, 0.717) is 0 Å². The van der Waals surface area contributed by atoms with Crippen LogP contribution in [0.15, 0.2) is 35.3 Å². The van der Waals surface area contributed by atoms with Gasteiger partial charge >= 0.3 is 12.1 Å². The molecule has 0 radical (unpaired) electrons. The maximum Gasteiger partial charge on any atom is 0.417 e. The number of hydrogen-bond donors (Lipinski definition) is 2. The third kappa shape index (κ3) is 4.11. The van der Waals surface area contributed by atoms with E-state index in [2.05, 4.69) is 9.97 Å². The Labute approximate surface area is 194 Å². The molecule has 1 saturated heterocycles. The lowest BCUT2D eigenvalue weighted by atomic mass is 9.74. The molecule has 1 aliphatic heterocycles. The fourth-order valence-electron chi connectivity index (χ4n) is 4.47. The highest BCUT2D eigenvalue weighted by atomic mass is 19.4. The summed E-state index contributed by atoms with van der Waals surface area (Å²) in [4.78, 5) is 30.9. The van der Waals surface area contributed by atoms with E-state index in [4.69, 9.17) is 9.47 Å². The molecule has 1 aromatic carbocycles.